The van der Waals surface area contributed by atoms with Gasteiger partial charge in [0, 0.05) is 19.7 Å². The first-order valence-electron chi connectivity index (χ1n) is 4.71. The van der Waals surface area contributed by atoms with Gasteiger partial charge in [0.15, 0.2) is 0 Å². The number of nitrogens with zero attached hydrogens (tertiary/aromatic N) is 1. The third-order valence-corrected chi connectivity index (χ3v) is 3.54. The van der Waals surface area contributed by atoms with E-state index in [0.717, 1.165) is 11.8 Å². The highest BCUT2D eigenvalue weighted by Gasteiger charge is 2.15. The smallest absolute Gasteiger partial charge is 0.232 e. The minimum Gasteiger partial charge on any atom is -0.497 e. The van der Waals surface area contributed by atoms with Crippen LogP contribution in [0.25, 0.3) is 0 Å². The number of hydrogen-bond donors (Lipinski definition) is 1. The summed E-state index contributed by atoms with van der Waals surface area (Å²) in [4.78, 5) is 0. The zero-order chi connectivity index (χ0) is 12.3. The summed E-state index contributed by atoms with van der Waals surface area (Å²) in [6.45, 7) is 0.277. The Kier molecular flexibility index (Phi) is 3.77. The molecule has 0 unspecified atom stereocenters. The van der Waals surface area contributed by atoms with E-state index in [0.29, 0.717) is 11.4 Å². The zero-order valence-corrected chi connectivity index (χ0v) is 10.4. The fourth-order valence-electron chi connectivity index (χ4n) is 1.32. The number of ether oxygens (including phenoxy) is 1. The minimum absolute atomic E-state index is 0.277. The van der Waals surface area contributed by atoms with Crippen LogP contribution in [0.5, 0.6) is 5.75 Å². The van der Waals surface area contributed by atoms with E-state index in [1.54, 1.807) is 18.2 Å². The molecule has 0 atom stereocenters. The fourth-order valence-corrected chi connectivity index (χ4v) is 1.84. The highest BCUT2D eigenvalue weighted by molar-refractivity contribution is 7.92. The first-order valence-corrected chi connectivity index (χ1v) is 6.56. The van der Waals surface area contributed by atoms with Gasteiger partial charge in [0.05, 0.1) is 19.1 Å². The van der Waals surface area contributed by atoms with Crippen LogP contribution in [0.3, 0.4) is 0 Å². The minimum atomic E-state index is -3.29. The second kappa shape index (κ2) is 4.71. The number of anilines is 1. The van der Waals surface area contributed by atoms with Crippen molar-refractivity contribution in [1.29, 1.82) is 0 Å². The number of hydrogen-bond acceptors (Lipinski definition) is 4. The van der Waals surface area contributed by atoms with Crippen LogP contribution in [0.15, 0.2) is 18.2 Å². The van der Waals surface area contributed by atoms with E-state index in [1.165, 1.54) is 18.5 Å². The molecular formula is C10H16N2O3S. The molecule has 0 heterocycles. The van der Waals surface area contributed by atoms with Crippen LogP contribution in [0, 0.1) is 0 Å². The van der Waals surface area contributed by atoms with Gasteiger partial charge in [-0.25, -0.2) is 8.42 Å². The maximum Gasteiger partial charge on any atom is 0.232 e. The summed E-state index contributed by atoms with van der Waals surface area (Å²) in [7, 11) is -0.272. The predicted octanol–water partition coefficient (Wildman–Crippen LogP) is 0.550. The maximum atomic E-state index is 11.4. The standard InChI is InChI=1S/C10H16N2O3S/c1-12(16(3,13)14)10-6-9(15-2)5-4-8(10)7-11/h4-6H,7,11H2,1-3H3. The first kappa shape index (κ1) is 12.8. The average Bonchev–Trinajstić information content (AvgIpc) is 2.25. The highest BCUT2D eigenvalue weighted by Crippen LogP contribution is 2.26. The van der Waals surface area contributed by atoms with Gasteiger partial charge in [-0.1, -0.05) is 6.07 Å². The van der Waals surface area contributed by atoms with Crippen LogP contribution < -0.4 is 14.8 Å². The van der Waals surface area contributed by atoms with Gasteiger partial charge in [-0.2, -0.15) is 0 Å². The third-order valence-electron chi connectivity index (χ3n) is 2.35. The summed E-state index contributed by atoms with van der Waals surface area (Å²) in [5, 5.41) is 0. The number of rotatable bonds is 4. The molecule has 0 saturated carbocycles. The van der Waals surface area contributed by atoms with E-state index in [-0.39, 0.29) is 6.54 Å². The lowest BCUT2D eigenvalue weighted by molar-refractivity contribution is 0.415. The Morgan fingerprint density at radius 3 is 2.50 bits per heavy atom. The summed E-state index contributed by atoms with van der Waals surface area (Å²) >= 11 is 0. The molecule has 0 aliphatic rings. The summed E-state index contributed by atoms with van der Waals surface area (Å²) in [6.07, 6.45) is 1.15. The van der Waals surface area contributed by atoms with Gasteiger partial charge in [-0.05, 0) is 11.6 Å². The quantitative estimate of drug-likeness (QED) is 0.839. The van der Waals surface area contributed by atoms with Crippen molar-refractivity contribution in [2.45, 2.75) is 6.54 Å². The lowest BCUT2D eigenvalue weighted by Gasteiger charge is -2.20. The lowest BCUT2D eigenvalue weighted by atomic mass is 10.1. The van der Waals surface area contributed by atoms with Gasteiger partial charge in [-0.3, -0.25) is 4.31 Å². The van der Waals surface area contributed by atoms with E-state index in [9.17, 15) is 8.42 Å². The summed E-state index contributed by atoms with van der Waals surface area (Å²) < 4.78 is 29.1. The molecule has 0 aliphatic heterocycles. The monoisotopic (exact) mass is 244 g/mol. The Balaban J connectivity index is 3.29. The van der Waals surface area contributed by atoms with E-state index in [1.807, 2.05) is 0 Å². The zero-order valence-electron chi connectivity index (χ0n) is 9.60. The summed E-state index contributed by atoms with van der Waals surface area (Å²) in [6, 6.07) is 5.17. The molecule has 0 fully saturated rings. The highest BCUT2D eigenvalue weighted by atomic mass is 32.2. The van der Waals surface area contributed by atoms with Crippen molar-refractivity contribution in [2.24, 2.45) is 5.73 Å². The summed E-state index contributed by atoms with van der Waals surface area (Å²) in [5.74, 6) is 0.600. The van der Waals surface area contributed by atoms with Crippen molar-refractivity contribution in [2.75, 3.05) is 24.7 Å². The normalized spacial score (nSPS) is 11.2. The van der Waals surface area contributed by atoms with Crippen molar-refractivity contribution >= 4 is 15.7 Å². The van der Waals surface area contributed by atoms with Gasteiger partial charge in [0.25, 0.3) is 0 Å². The Bertz CT molecular complexity index is 471. The van der Waals surface area contributed by atoms with Crippen LogP contribution in [0.2, 0.25) is 0 Å². The molecular weight excluding hydrogens is 228 g/mol. The molecule has 0 radical (unpaired) electrons. The van der Waals surface area contributed by atoms with Crippen molar-refractivity contribution in [3.05, 3.63) is 23.8 Å². The number of methoxy groups -OCH3 is 1. The molecule has 90 valence electrons. The van der Waals surface area contributed by atoms with E-state index in [2.05, 4.69) is 0 Å². The molecule has 6 heteroatoms. The van der Waals surface area contributed by atoms with Gasteiger partial charge in [0.1, 0.15) is 5.75 Å². The molecule has 2 N–H and O–H groups in total. The lowest BCUT2D eigenvalue weighted by Crippen LogP contribution is -2.26. The largest absolute Gasteiger partial charge is 0.497 e. The Labute approximate surface area is 95.9 Å². The molecule has 0 aliphatic carbocycles. The molecule has 0 spiro atoms. The van der Waals surface area contributed by atoms with E-state index < -0.39 is 10.0 Å². The number of sulfonamides is 1. The van der Waals surface area contributed by atoms with Crippen LogP contribution in [0.1, 0.15) is 5.56 Å². The Hall–Kier alpha value is -1.27. The third kappa shape index (κ3) is 2.65. The molecule has 0 saturated heterocycles. The Morgan fingerprint density at radius 2 is 2.06 bits per heavy atom. The molecule has 1 aromatic rings. The van der Waals surface area contributed by atoms with Gasteiger partial charge in [0.2, 0.25) is 10.0 Å². The van der Waals surface area contributed by atoms with Crippen molar-refractivity contribution in [3.63, 3.8) is 0 Å². The van der Waals surface area contributed by atoms with Gasteiger partial charge < -0.3 is 10.5 Å². The van der Waals surface area contributed by atoms with Crippen LogP contribution in [-0.4, -0.2) is 28.8 Å². The van der Waals surface area contributed by atoms with Crippen molar-refractivity contribution < 1.29 is 13.2 Å². The average molecular weight is 244 g/mol. The van der Waals surface area contributed by atoms with E-state index in [4.69, 9.17) is 10.5 Å². The van der Waals surface area contributed by atoms with Crippen LogP contribution in [-0.2, 0) is 16.6 Å². The van der Waals surface area contributed by atoms with Crippen LogP contribution in [0.4, 0.5) is 5.69 Å². The number of benzene rings is 1. The second-order valence-electron chi connectivity index (χ2n) is 3.43. The van der Waals surface area contributed by atoms with Crippen molar-refractivity contribution in [3.8, 4) is 5.75 Å². The topological polar surface area (TPSA) is 72.6 Å². The molecule has 0 bridgehead atoms. The first-order chi connectivity index (χ1) is 7.40. The van der Waals surface area contributed by atoms with Crippen molar-refractivity contribution in [1.82, 2.24) is 0 Å². The van der Waals surface area contributed by atoms with Crippen LogP contribution >= 0.6 is 0 Å². The SMILES string of the molecule is COc1ccc(CN)c(N(C)S(C)(=O)=O)c1. The molecule has 16 heavy (non-hydrogen) atoms. The molecule has 1 aromatic carbocycles. The molecule has 0 amide bonds. The Morgan fingerprint density at radius 1 is 1.44 bits per heavy atom. The van der Waals surface area contributed by atoms with Gasteiger partial charge >= 0.3 is 0 Å². The predicted molar refractivity (Wildman–Crippen MR) is 64.1 cm³/mol. The maximum absolute atomic E-state index is 11.4. The fraction of sp³-hybridized carbons (Fsp3) is 0.400. The second-order valence-corrected chi connectivity index (χ2v) is 5.44. The summed E-state index contributed by atoms with van der Waals surface area (Å²) in [5.41, 5.74) is 6.86. The van der Waals surface area contributed by atoms with Gasteiger partial charge in [-0.15, -0.1) is 0 Å². The molecule has 1 rings (SSSR count). The van der Waals surface area contributed by atoms with E-state index >= 15 is 0 Å². The number of nitrogens with two attached hydrogens (primary N) is 1. The molecule has 5 nitrogen and oxygen atoms in total. The molecule has 0 aromatic heterocycles.